The number of ether oxygens (including phenoxy) is 3. The van der Waals surface area contributed by atoms with Crippen LogP contribution in [0.25, 0.3) is 0 Å². The fourth-order valence-electron chi connectivity index (χ4n) is 2.23. The van der Waals surface area contributed by atoms with E-state index in [1.165, 1.54) is 0 Å². The highest BCUT2D eigenvalue weighted by molar-refractivity contribution is 5.79. The molecule has 2 rings (SSSR count). The van der Waals surface area contributed by atoms with Gasteiger partial charge in [0.1, 0.15) is 12.6 Å². The molecule has 1 fully saturated rings. The van der Waals surface area contributed by atoms with Crippen LogP contribution in [0.3, 0.4) is 0 Å². The minimum absolute atomic E-state index is 0.1000. The summed E-state index contributed by atoms with van der Waals surface area (Å²) in [6.45, 7) is 1.23. The number of hydrogen-bond donors (Lipinski definition) is 2. The molecule has 0 bridgehead atoms. The van der Waals surface area contributed by atoms with Crippen LogP contribution < -0.4 is 5.32 Å². The predicted octanol–water partition coefficient (Wildman–Crippen LogP) is 1.91. The zero-order valence-corrected chi connectivity index (χ0v) is 12.8. The number of nitrogens with one attached hydrogen (secondary N) is 1. The van der Waals surface area contributed by atoms with Gasteiger partial charge in [0.2, 0.25) is 0 Å². The number of carboxylic acids is 1. The van der Waals surface area contributed by atoms with Gasteiger partial charge >= 0.3 is 12.1 Å². The lowest BCUT2D eigenvalue weighted by Gasteiger charge is -2.15. The van der Waals surface area contributed by atoms with E-state index in [1.54, 1.807) is 0 Å². The molecular formula is C16H21NO6. The average Bonchev–Trinajstić information content (AvgIpc) is 3.06. The van der Waals surface area contributed by atoms with Crippen molar-refractivity contribution in [3.63, 3.8) is 0 Å². The highest BCUT2D eigenvalue weighted by atomic mass is 16.7. The molecule has 0 aliphatic carbocycles. The summed E-state index contributed by atoms with van der Waals surface area (Å²) in [5.74, 6) is -1.09. The number of carbonyl (C=O) groups excluding carboxylic acids is 1. The Bertz CT molecular complexity index is 501. The molecule has 1 aromatic rings. The molecule has 0 saturated carbocycles. The van der Waals surface area contributed by atoms with Gasteiger partial charge in [0.05, 0.1) is 13.2 Å². The summed E-state index contributed by atoms with van der Waals surface area (Å²) in [6, 6.07) is 8.20. The van der Waals surface area contributed by atoms with Crippen LogP contribution in [0.5, 0.6) is 0 Å². The fourth-order valence-corrected chi connectivity index (χ4v) is 2.23. The van der Waals surface area contributed by atoms with E-state index < -0.39 is 18.1 Å². The van der Waals surface area contributed by atoms with Gasteiger partial charge in [0.25, 0.3) is 0 Å². The van der Waals surface area contributed by atoms with Crippen LogP contribution in [-0.4, -0.2) is 42.7 Å². The van der Waals surface area contributed by atoms with Gasteiger partial charge in [-0.05, 0) is 24.8 Å². The van der Waals surface area contributed by atoms with Crippen LogP contribution in [-0.2, 0) is 25.6 Å². The highest BCUT2D eigenvalue weighted by Gasteiger charge is 2.22. The van der Waals surface area contributed by atoms with Crippen molar-refractivity contribution in [3.05, 3.63) is 35.9 Å². The zero-order chi connectivity index (χ0) is 16.5. The molecule has 1 aliphatic rings. The predicted molar refractivity (Wildman–Crippen MR) is 80.7 cm³/mol. The second-order valence-corrected chi connectivity index (χ2v) is 5.20. The molecule has 1 atom stereocenters. The maximum atomic E-state index is 11.7. The quantitative estimate of drug-likeness (QED) is 0.759. The van der Waals surface area contributed by atoms with E-state index in [0.29, 0.717) is 32.5 Å². The summed E-state index contributed by atoms with van der Waals surface area (Å²) in [5, 5.41) is 11.5. The lowest BCUT2D eigenvalue weighted by molar-refractivity contribution is -0.139. The summed E-state index contributed by atoms with van der Waals surface area (Å²) in [5.41, 5.74) is 0.838. The molecule has 0 radical (unpaired) electrons. The molecule has 0 spiro atoms. The zero-order valence-electron chi connectivity index (χ0n) is 12.8. The molecule has 7 nitrogen and oxygen atoms in total. The van der Waals surface area contributed by atoms with Crippen molar-refractivity contribution in [2.75, 3.05) is 13.2 Å². The molecule has 7 heteroatoms. The van der Waals surface area contributed by atoms with Crippen LogP contribution in [0.1, 0.15) is 24.8 Å². The van der Waals surface area contributed by atoms with E-state index >= 15 is 0 Å². The van der Waals surface area contributed by atoms with Gasteiger partial charge in [-0.15, -0.1) is 0 Å². The van der Waals surface area contributed by atoms with Gasteiger partial charge in [0, 0.05) is 0 Å². The molecule has 2 N–H and O–H groups in total. The van der Waals surface area contributed by atoms with Crippen molar-refractivity contribution < 1.29 is 28.9 Å². The molecule has 0 aromatic heterocycles. The fraction of sp³-hybridized carbons (Fsp3) is 0.500. The Morgan fingerprint density at radius 1 is 1.26 bits per heavy atom. The van der Waals surface area contributed by atoms with E-state index in [4.69, 9.17) is 19.3 Å². The van der Waals surface area contributed by atoms with Gasteiger partial charge in [-0.25, -0.2) is 9.59 Å². The Morgan fingerprint density at radius 2 is 1.96 bits per heavy atom. The van der Waals surface area contributed by atoms with Crippen LogP contribution in [0.2, 0.25) is 0 Å². The molecule has 1 saturated heterocycles. The Hall–Kier alpha value is -2.12. The Morgan fingerprint density at radius 3 is 2.61 bits per heavy atom. The average molecular weight is 323 g/mol. The third-order valence-corrected chi connectivity index (χ3v) is 3.43. The van der Waals surface area contributed by atoms with E-state index in [-0.39, 0.29) is 12.9 Å². The van der Waals surface area contributed by atoms with Gasteiger partial charge in [0.15, 0.2) is 6.29 Å². The lowest BCUT2D eigenvalue weighted by Crippen LogP contribution is -2.41. The minimum atomic E-state index is -1.09. The van der Waals surface area contributed by atoms with Gasteiger partial charge in [-0.1, -0.05) is 30.3 Å². The highest BCUT2D eigenvalue weighted by Crippen LogP contribution is 2.13. The monoisotopic (exact) mass is 323 g/mol. The first-order chi connectivity index (χ1) is 11.1. The second-order valence-electron chi connectivity index (χ2n) is 5.20. The molecule has 126 valence electrons. The second kappa shape index (κ2) is 9.12. The Kier molecular flexibility index (Phi) is 6.83. The summed E-state index contributed by atoms with van der Waals surface area (Å²) >= 11 is 0. The van der Waals surface area contributed by atoms with Crippen LogP contribution >= 0.6 is 0 Å². The first-order valence-electron chi connectivity index (χ1n) is 7.58. The van der Waals surface area contributed by atoms with E-state index in [0.717, 1.165) is 5.56 Å². The standard InChI is InChI=1S/C16H21NO6/c18-15(19)13(7-4-8-14-21-9-10-22-14)17-16(20)23-11-12-5-2-1-3-6-12/h1-3,5-6,13-14H,4,7-11H2,(H,17,20)(H,18,19). The summed E-state index contributed by atoms with van der Waals surface area (Å²) in [4.78, 5) is 22.9. The van der Waals surface area contributed by atoms with Gasteiger partial charge in [-0.2, -0.15) is 0 Å². The number of amides is 1. The van der Waals surface area contributed by atoms with Crippen molar-refractivity contribution in [2.24, 2.45) is 0 Å². The Balaban J connectivity index is 1.69. The third kappa shape index (κ3) is 6.25. The Labute approximate surface area is 134 Å². The van der Waals surface area contributed by atoms with Crippen molar-refractivity contribution >= 4 is 12.1 Å². The number of rotatable bonds is 8. The van der Waals surface area contributed by atoms with Crippen molar-refractivity contribution in [2.45, 2.75) is 38.2 Å². The van der Waals surface area contributed by atoms with Crippen LogP contribution in [0.15, 0.2) is 30.3 Å². The molecule has 1 amide bonds. The summed E-state index contributed by atoms with van der Waals surface area (Å²) in [6.07, 6.45) is 0.452. The number of benzene rings is 1. The van der Waals surface area contributed by atoms with Gasteiger partial charge < -0.3 is 24.6 Å². The largest absolute Gasteiger partial charge is 0.480 e. The SMILES string of the molecule is O=C(NC(CCCC1OCCO1)C(=O)O)OCc1ccccc1. The van der Waals surface area contributed by atoms with E-state index in [1.807, 2.05) is 30.3 Å². The molecule has 1 unspecified atom stereocenters. The molecule has 1 aliphatic heterocycles. The number of alkyl carbamates (subject to hydrolysis) is 1. The summed E-state index contributed by atoms with van der Waals surface area (Å²) < 4.78 is 15.6. The molecule has 23 heavy (non-hydrogen) atoms. The maximum absolute atomic E-state index is 11.7. The lowest BCUT2D eigenvalue weighted by atomic mass is 10.1. The van der Waals surface area contributed by atoms with Crippen molar-refractivity contribution in [3.8, 4) is 0 Å². The number of carboxylic acid groups (broad SMARTS) is 1. The van der Waals surface area contributed by atoms with Crippen LogP contribution in [0, 0.1) is 0 Å². The molecule has 1 heterocycles. The molecule has 1 aromatic carbocycles. The van der Waals surface area contributed by atoms with Crippen LogP contribution in [0.4, 0.5) is 4.79 Å². The first-order valence-corrected chi connectivity index (χ1v) is 7.58. The van der Waals surface area contributed by atoms with E-state index in [2.05, 4.69) is 5.32 Å². The summed E-state index contributed by atoms with van der Waals surface area (Å²) in [7, 11) is 0. The first kappa shape index (κ1) is 17.2. The van der Waals surface area contributed by atoms with Crippen molar-refractivity contribution in [1.82, 2.24) is 5.32 Å². The smallest absolute Gasteiger partial charge is 0.408 e. The van der Waals surface area contributed by atoms with Gasteiger partial charge in [-0.3, -0.25) is 0 Å². The minimum Gasteiger partial charge on any atom is -0.480 e. The maximum Gasteiger partial charge on any atom is 0.408 e. The number of hydrogen-bond acceptors (Lipinski definition) is 5. The van der Waals surface area contributed by atoms with Crippen molar-refractivity contribution in [1.29, 1.82) is 0 Å². The van der Waals surface area contributed by atoms with E-state index in [9.17, 15) is 9.59 Å². The molecular weight excluding hydrogens is 302 g/mol. The topological polar surface area (TPSA) is 94.1 Å². The third-order valence-electron chi connectivity index (χ3n) is 3.43. The number of carbonyl (C=O) groups is 2. The number of aliphatic carboxylic acids is 1. The normalized spacial score (nSPS) is 16.0.